The molecular formula is C24H37NO2Si2. The molecule has 158 valence electrons. The Hall–Kier alpha value is -1.60. The normalized spacial score (nSPS) is 26.4. The van der Waals surface area contributed by atoms with Gasteiger partial charge in [0, 0.05) is 14.1 Å². The highest BCUT2D eigenvalue weighted by molar-refractivity contribution is 6.91. The van der Waals surface area contributed by atoms with Crippen LogP contribution in [0.5, 0.6) is 0 Å². The number of nitrogens with zero attached hydrogens (tertiary/aromatic N) is 1. The zero-order chi connectivity index (χ0) is 21.2. The first-order valence-electron chi connectivity index (χ1n) is 10.9. The summed E-state index contributed by atoms with van der Waals surface area (Å²) in [4.78, 5) is 15.3. The fourth-order valence-corrected chi connectivity index (χ4v) is 9.95. The van der Waals surface area contributed by atoms with Gasteiger partial charge in [-0.2, -0.15) is 0 Å². The van der Waals surface area contributed by atoms with Crippen LogP contribution in [-0.4, -0.2) is 45.8 Å². The molecule has 0 saturated carbocycles. The number of allylic oxidation sites excluding steroid dienone is 1. The largest absolute Gasteiger partial charge is 0.450 e. The molecule has 0 N–H and O–H groups in total. The van der Waals surface area contributed by atoms with Crippen molar-refractivity contribution in [2.24, 2.45) is 5.92 Å². The lowest BCUT2D eigenvalue weighted by Crippen LogP contribution is -2.52. The molecule has 0 radical (unpaired) electrons. The van der Waals surface area contributed by atoms with Gasteiger partial charge in [-0.25, -0.2) is 4.79 Å². The van der Waals surface area contributed by atoms with Gasteiger partial charge in [-0.3, -0.25) is 4.90 Å². The van der Waals surface area contributed by atoms with Crippen LogP contribution in [0.15, 0.2) is 55.1 Å². The van der Waals surface area contributed by atoms with Gasteiger partial charge in [0.2, 0.25) is 0 Å². The summed E-state index contributed by atoms with van der Waals surface area (Å²) in [6, 6.07) is 12.3. The van der Waals surface area contributed by atoms with Crippen LogP contribution in [-0.2, 0) is 4.74 Å². The van der Waals surface area contributed by atoms with Crippen LogP contribution in [0.25, 0.3) is 0 Å². The molecule has 1 heterocycles. The van der Waals surface area contributed by atoms with Crippen molar-refractivity contribution in [2.75, 3.05) is 6.61 Å². The maximum absolute atomic E-state index is 13.2. The van der Waals surface area contributed by atoms with Crippen molar-refractivity contribution in [1.82, 2.24) is 4.90 Å². The summed E-state index contributed by atoms with van der Waals surface area (Å²) in [5.74, 6) is 0.481. The van der Waals surface area contributed by atoms with Crippen molar-refractivity contribution >= 4 is 27.4 Å². The predicted octanol–water partition coefficient (Wildman–Crippen LogP) is 5.65. The number of fused-ring (bicyclic) bond motifs is 2. The number of hydrogen-bond donors (Lipinski definition) is 0. The van der Waals surface area contributed by atoms with Crippen LogP contribution in [0.3, 0.4) is 0 Å². The van der Waals surface area contributed by atoms with Crippen LogP contribution in [0, 0.1) is 5.92 Å². The van der Waals surface area contributed by atoms with Crippen LogP contribution in [0.1, 0.15) is 12.8 Å². The maximum atomic E-state index is 13.2. The van der Waals surface area contributed by atoms with Crippen molar-refractivity contribution < 1.29 is 9.53 Å². The fourth-order valence-electron chi connectivity index (χ4n) is 5.24. The summed E-state index contributed by atoms with van der Waals surface area (Å²) in [5, 5.41) is 1.47. The van der Waals surface area contributed by atoms with E-state index in [9.17, 15) is 4.79 Å². The fraction of sp³-hybridized carbons (Fsp3) is 0.542. The van der Waals surface area contributed by atoms with Crippen LogP contribution >= 0.6 is 0 Å². The molecule has 3 rings (SSSR count). The molecule has 2 bridgehead atoms. The van der Waals surface area contributed by atoms with Gasteiger partial charge >= 0.3 is 6.09 Å². The van der Waals surface area contributed by atoms with Gasteiger partial charge in [0.1, 0.15) is 0 Å². The molecule has 1 aromatic rings. The number of benzene rings is 1. The monoisotopic (exact) mass is 427 g/mol. The van der Waals surface area contributed by atoms with Gasteiger partial charge in [0.05, 0.1) is 20.7 Å². The predicted molar refractivity (Wildman–Crippen MR) is 128 cm³/mol. The number of amides is 1. The Labute approximate surface area is 178 Å². The van der Waals surface area contributed by atoms with Crippen LogP contribution in [0.2, 0.25) is 44.3 Å². The Kier molecular flexibility index (Phi) is 6.59. The SMILES string of the molecule is C=CC[C@@H]1[C@H]2CC=C[C@H]([C@H]2[Si](C)(C)c2ccccc2)N1C(=O)OCC[Si](C)(C)C. The average molecular weight is 428 g/mol. The van der Waals surface area contributed by atoms with E-state index in [0.717, 1.165) is 18.9 Å². The smallest absolute Gasteiger partial charge is 0.410 e. The molecule has 1 aromatic carbocycles. The first kappa shape index (κ1) is 22.1. The molecule has 1 amide bonds. The minimum Gasteiger partial charge on any atom is -0.450 e. The van der Waals surface area contributed by atoms with E-state index in [0.29, 0.717) is 18.1 Å². The van der Waals surface area contributed by atoms with Crippen molar-refractivity contribution in [1.29, 1.82) is 0 Å². The Morgan fingerprint density at radius 2 is 1.90 bits per heavy atom. The molecule has 1 fully saturated rings. The first-order chi connectivity index (χ1) is 13.7. The van der Waals surface area contributed by atoms with E-state index in [1.54, 1.807) is 0 Å². The zero-order valence-corrected chi connectivity index (χ0v) is 20.7. The number of rotatable bonds is 7. The van der Waals surface area contributed by atoms with E-state index in [2.05, 4.69) is 86.7 Å². The topological polar surface area (TPSA) is 29.5 Å². The third-order valence-corrected chi connectivity index (χ3v) is 12.8. The number of likely N-dealkylation sites (tertiary alicyclic amines) is 1. The summed E-state index contributed by atoms with van der Waals surface area (Å²) in [7, 11) is -3.02. The lowest BCUT2D eigenvalue weighted by atomic mass is 9.89. The molecular weight excluding hydrogens is 390 g/mol. The van der Waals surface area contributed by atoms with E-state index in [1.165, 1.54) is 5.19 Å². The van der Waals surface area contributed by atoms with E-state index in [1.807, 2.05) is 6.08 Å². The molecule has 1 aliphatic heterocycles. The Bertz CT molecular complexity index is 754. The second kappa shape index (κ2) is 8.64. The molecule has 1 aliphatic carbocycles. The van der Waals surface area contributed by atoms with Gasteiger partial charge in [0.25, 0.3) is 0 Å². The number of hydrogen-bond acceptors (Lipinski definition) is 2. The summed E-state index contributed by atoms with van der Waals surface area (Å²) >= 11 is 0. The first-order valence-corrected chi connectivity index (χ1v) is 17.7. The summed E-state index contributed by atoms with van der Waals surface area (Å²) < 4.78 is 5.82. The maximum Gasteiger partial charge on any atom is 0.410 e. The molecule has 0 spiro atoms. The van der Waals surface area contributed by atoms with E-state index >= 15 is 0 Å². The second-order valence-electron chi connectivity index (χ2n) is 10.4. The Morgan fingerprint density at radius 3 is 2.52 bits per heavy atom. The third-order valence-electron chi connectivity index (χ3n) is 6.79. The molecule has 0 aromatic heterocycles. The second-order valence-corrected chi connectivity index (χ2v) is 20.7. The molecule has 29 heavy (non-hydrogen) atoms. The highest BCUT2D eigenvalue weighted by Gasteiger charge is 2.56. The standard InChI is InChI=1S/C24H37NO2Si2/c1-7-12-21-20-15-11-16-22(25(21)24(26)27-17-18-28(2,3)4)23(20)29(5,6)19-13-9-8-10-14-19/h7-11,13-14,16,20-23H,1,12,15,17-18H2,2-6H3/t20-,21-,22-,23+/m1/s1. The van der Waals surface area contributed by atoms with Gasteiger partial charge in [-0.15, -0.1) is 6.58 Å². The lowest BCUT2D eigenvalue weighted by Gasteiger charge is -2.39. The highest BCUT2D eigenvalue weighted by Crippen LogP contribution is 2.51. The van der Waals surface area contributed by atoms with E-state index in [4.69, 9.17) is 4.74 Å². The van der Waals surface area contributed by atoms with Crippen molar-refractivity contribution in [3.63, 3.8) is 0 Å². The molecule has 1 saturated heterocycles. The van der Waals surface area contributed by atoms with Crippen molar-refractivity contribution in [3.8, 4) is 0 Å². The van der Waals surface area contributed by atoms with Crippen LogP contribution in [0.4, 0.5) is 4.79 Å². The summed E-state index contributed by atoms with van der Waals surface area (Å²) in [5.41, 5.74) is 0.504. The average Bonchev–Trinajstić information content (AvgIpc) is 2.86. The zero-order valence-electron chi connectivity index (χ0n) is 18.7. The van der Waals surface area contributed by atoms with E-state index < -0.39 is 16.1 Å². The molecule has 4 atom stereocenters. The quantitative estimate of drug-likeness (QED) is 0.415. The lowest BCUT2D eigenvalue weighted by molar-refractivity contribution is 0.0920. The van der Waals surface area contributed by atoms with Gasteiger partial charge in [0.15, 0.2) is 0 Å². The minimum absolute atomic E-state index is 0.128. The molecule has 0 unspecified atom stereocenters. The Morgan fingerprint density at radius 1 is 1.21 bits per heavy atom. The summed E-state index contributed by atoms with van der Waals surface area (Å²) in [6.45, 7) is 16.4. The minimum atomic E-state index is -1.79. The molecule has 5 heteroatoms. The van der Waals surface area contributed by atoms with Gasteiger partial charge in [-0.05, 0) is 30.3 Å². The van der Waals surface area contributed by atoms with Crippen molar-refractivity contribution in [3.05, 3.63) is 55.1 Å². The Balaban J connectivity index is 1.88. The van der Waals surface area contributed by atoms with Gasteiger partial charge in [-0.1, -0.05) is 86.5 Å². The third kappa shape index (κ3) is 4.61. The highest BCUT2D eigenvalue weighted by atomic mass is 28.3. The van der Waals surface area contributed by atoms with Gasteiger partial charge < -0.3 is 4.74 Å². The number of carbonyl (C=O) groups excluding carboxylic acids is 1. The van der Waals surface area contributed by atoms with E-state index in [-0.39, 0.29) is 18.2 Å². The van der Waals surface area contributed by atoms with Crippen molar-refractivity contribution in [2.45, 2.75) is 69.2 Å². The van der Waals surface area contributed by atoms with Crippen LogP contribution < -0.4 is 5.19 Å². The number of ether oxygens (including phenoxy) is 1. The molecule has 3 nitrogen and oxygen atoms in total. The number of carbonyl (C=O) groups is 1. The summed E-state index contributed by atoms with van der Waals surface area (Å²) in [6.07, 6.45) is 8.29. The molecule has 2 aliphatic rings.